The average Bonchev–Trinajstić information content (AvgIpc) is 2.88. The zero-order chi connectivity index (χ0) is 12.3. The molecule has 0 radical (unpaired) electrons. The molecule has 3 unspecified atom stereocenters. The third kappa shape index (κ3) is 3.04. The highest BCUT2D eigenvalue weighted by atomic mass is 16.5. The van der Waals surface area contributed by atoms with E-state index in [0.717, 1.165) is 31.6 Å². The summed E-state index contributed by atoms with van der Waals surface area (Å²) in [6.07, 6.45) is 5.47. The number of aromatic nitrogens is 3. The monoisotopic (exact) mass is 238 g/mol. The highest BCUT2D eigenvalue weighted by molar-refractivity contribution is 4.93. The molecule has 5 nitrogen and oxygen atoms in total. The minimum Gasteiger partial charge on any atom is -0.374 e. The second kappa shape index (κ2) is 5.60. The molecular weight excluding hydrogens is 216 g/mol. The largest absolute Gasteiger partial charge is 0.374 e. The third-order valence-corrected chi connectivity index (χ3v) is 3.39. The van der Waals surface area contributed by atoms with Crippen LogP contribution in [0.5, 0.6) is 0 Å². The van der Waals surface area contributed by atoms with Gasteiger partial charge in [0, 0.05) is 19.5 Å². The van der Waals surface area contributed by atoms with Crippen LogP contribution in [0.25, 0.3) is 0 Å². The van der Waals surface area contributed by atoms with Gasteiger partial charge in [0.1, 0.15) is 12.2 Å². The first-order valence-electron chi connectivity index (χ1n) is 6.42. The van der Waals surface area contributed by atoms with Crippen LogP contribution in [0.15, 0.2) is 6.33 Å². The van der Waals surface area contributed by atoms with Gasteiger partial charge in [0.05, 0.1) is 12.2 Å². The molecule has 1 aliphatic heterocycles. The van der Waals surface area contributed by atoms with Gasteiger partial charge in [-0.05, 0) is 26.3 Å². The van der Waals surface area contributed by atoms with Gasteiger partial charge < -0.3 is 10.1 Å². The molecule has 1 N–H and O–H groups in total. The van der Waals surface area contributed by atoms with Crippen molar-refractivity contribution in [2.45, 2.75) is 51.4 Å². The van der Waals surface area contributed by atoms with E-state index in [-0.39, 0.29) is 0 Å². The molecule has 0 spiro atoms. The lowest BCUT2D eigenvalue weighted by Gasteiger charge is -2.24. The summed E-state index contributed by atoms with van der Waals surface area (Å²) < 4.78 is 7.78. The van der Waals surface area contributed by atoms with Crippen LogP contribution in [0.4, 0.5) is 0 Å². The highest BCUT2D eigenvalue weighted by Crippen LogP contribution is 2.23. The molecule has 0 bridgehead atoms. The van der Waals surface area contributed by atoms with Crippen molar-refractivity contribution < 1.29 is 4.74 Å². The molecule has 3 atom stereocenters. The Morgan fingerprint density at radius 3 is 2.94 bits per heavy atom. The molecule has 1 fully saturated rings. The third-order valence-electron chi connectivity index (χ3n) is 3.39. The summed E-state index contributed by atoms with van der Waals surface area (Å²) in [6.45, 7) is 5.23. The molecule has 0 aromatic carbocycles. The first-order chi connectivity index (χ1) is 8.20. The Morgan fingerprint density at radius 2 is 2.41 bits per heavy atom. The first kappa shape index (κ1) is 12.5. The van der Waals surface area contributed by atoms with Crippen LogP contribution in [-0.4, -0.2) is 39.6 Å². The Morgan fingerprint density at radius 1 is 1.59 bits per heavy atom. The number of ether oxygens (including phenoxy) is 1. The molecule has 1 saturated heterocycles. The Bertz CT molecular complexity index is 352. The number of nitrogens with zero attached hydrogens (tertiary/aromatic N) is 3. The first-order valence-corrected chi connectivity index (χ1v) is 6.42. The fraction of sp³-hybridized carbons (Fsp3) is 0.833. The highest BCUT2D eigenvalue weighted by Gasteiger charge is 2.29. The lowest BCUT2D eigenvalue weighted by atomic mass is 10.0. The van der Waals surface area contributed by atoms with E-state index < -0.39 is 0 Å². The van der Waals surface area contributed by atoms with E-state index in [0.29, 0.717) is 18.2 Å². The SMILES string of the molecule is CCNC(Cc1ncnn1C)C1CCC(C)O1. The lowest BCUT2D eigenvalue weighted by Crippen LogP contribution is -2.42. The Kier molecular flexibility index (Phi) is 4.12. The molecule has 96 valence electrons. The number of rotatable bonds is 5. The summed E-state index contributed by atoms with van der Waals surface area (Å²) >= 11 is 0. The zero-order valence-electron chi connectivity index (χ0n) is 10.9. The normalized spacial score (nSPS) is 26.3. The van der Waals surface area contributed by atoms with E-state index in [1.54, 1.807) is 6.33 Å². The van der Waals surface area contributed by atoms with Crippen LogP contribution < -0.4 is 5.32 Å². The molecule has 1 aromatic rings. The molecular formula is C12H22N4O. The summed E-state index contributed by atoms with van der Waals surface area (Å²) in [6, 6.07) is 0.341. The van der Waals surface area contributed by atoms with Crippen LogP contribution in [-0.2, 0) is 18.2 Å². The van der Waals surface area contributed by atoms with E-state index in [9.17, 15) is 0 Å². The number of aryl methyl sites for hydroxylation is 1. The predicted octanol–water partition coefficient (Wildman–Crippen LogP) is 0.903. The van der Waals surface area contributed by atoms with Crippen molar-refractivity contribution in [3.63, 3.8) is 0 Å². The van der Waals surface area contributed by atoms with Gasteiger partial charge in [-0.3, -0.25) is 4.68 Å². The molecule has 2 rings (SSSR count). The van der Waals surface area contributed by atoms with E-state index in [2.05, 4.69) is 29.2 Å². The maximum atomic E-state index is 5.94. The van der Waals surface area contributed by atoms with Gasteiger partial charge >= 0.3 is 0 Å². The van der Waals surface area contributed by atoms with Gasteiger partial charge in [0.25, 0.3) is 0 Å². The number of hydrogen-bond donors (Lipinski definition) is 1. The van der Waals surface area contributed by atoms with E-state index >= 15 is 0 Å². The zero-order valence-corrected chi connectivity index (χ0v) is 10.9. The fourth-order valence-corrected chi connectivity index (χ4v) is 2.43. The minimum absolute atomic E-state index is 0.307. The standard InChI is InChI=1S/C12H22N4O/c1-4-13-10(11-6-5-9(2)17-11)7-12-14-8-15-16(12)3/h8-11,13H,4-7H2,1-3H3. The van der Waals surface area contributed by atoms with Gasteiger partial charge in [-0.2, -0.15) is 5.10 Å². The maximum Gasteiger partial charge on any atom is 0.138 e. The van der Waals surface area contributed by atoms with Crippen LogP contribution in [0.3, 0.4) is 0 Å². The molecule has 0 amide bonds. The van der Waals surface area contributed by atoms with Gasteiger partial charge in [-0.1, -0.05) is 6.92 Å². The molecule has 17 heavy (non-hydrogen) atoms. The average molecular weight is 238 g/mol. The quantitative estimate of drug-likeness (QED) is 0.828. The molecule has 0 aliphatic carbocycles. The maximum absolute atomic E-state index is 5.94. The van der Waals surface area contributed by atoms with Crippen molar-refractivity contribution in [3.05, 3.63) is 12.2 Å². The van der Waals surface area contributed by atoms with E-state index in [1.807, 2.05) is 11.7 Å². The predicted molar refractivity (Wildman–Crippen MR) is 65.7 cm³/mol. The topological polar surface area (TPSA) is 52.0 Å². The smallest absolute Gasteiger partial charge is 0.138 e. The second-order valence-corrected chi connectivity index (χ2v) is 4.73. The van der Waals surface area contributed by atoms with Crippen molar-refractivity contribution >= 4 is 0 Å². The van der Waals surface area contributed by atoms with Crippen LogP contribution in [0.2, 0.25) is 0 Å². The van der Waals surface area contributed by atoms with Gasteiger partial charge in [-0.25, -0.2) is 4.98 Å². The fourth-order valence-electron chi connectivity index (χ4n) is 2.43. The number of nitrogens with one attached hydrogen (secondary N) is 1. The number of likely N-dealkylation sites (N-methyl/N-ethyl adjacent to an activating group) is 1. The minimum atomic E-state index is 0.307. The summed E-state index contributed by atoms with van der Waals surface area (Å²) in [4.78, 5) is 4.28. The van der Waals surface area contributed by atoms with Crippen molar-refractivity contribution in [2.24, 2.45) is 7.05 Å². The Labute approximate surface area is 103 Å². The van der Waals surface area contributed by atoms with Crippen LogP contribution in [0, 0.1) is 0 Å². The molecule has 1 aromatic heterocycles. The molecule has 5 heteroatoms. The van der Waals surface area contributed by atoms with Crippen molar-refractivity contribution in [1.29, 1.82) is 0 Å². The summed E-state index contributed by atoms with van der Waals surface area (Å²) in [7, 11) is 1.93. The summed E-state index contributed by atoms with van der Waals surface area (Å²) in [5.41, 5.74) is 0. The summed E-state index contributed by atoms with van der Waals surface area (Å²) in [5, 5.41) is 7.61. The second-order valence-electron chi connectivity index (χ2n) is 4.73. The van der Waals surface area contributed by atoms with E-state index in [4.69, 9.17) is 4.74 Å². The van der Waals surface area contributed by atoms with E-state index in [1.165, 1.54) is 0 Å². The number of hydrogen-bond acceptors (Lipinski definition) is 4. The van der Waals surface area contributed by atoms with Crippen molar-refractivity contribution in [3.8, 4) is 0 Å². The van der Waals surface area contributed by atoms with Gasteiger partial charge in [0.2, 0.25) is 0 Å². The van der Waals surface area contributed by atoms with Crippen molar-refractivity contribution in [1.82, 2.24) is 20.1 Å². The Hall–Kier alpha value is -0.940. The van der Waals surface area contributed by atoms with Gasteiger partial charge in [0.15, 0.2) is 0 Å². The molecule has 0 saturated carbocycles. The lowest BCUT2D eigenvalue weighted by molar-refractivity contribution is 0.0318. The van der Waals surface area contributed by atoms with Gasteiger partial charge in [-0.15, -0.1) is 0 Å². The molecule has 1 aliphatic rings. The van der Waals surface area contributed by atoms with Crippen LogP contribution >= 0.6 is 0 Å². The summed E-state index contributed by atoms with van der Waals surface area (Å²) in [5.74, 6) is 1.01. The van der Waals surface area contributed by atoms with Crippen LogP contribution in [0.1, 0.15) is 32.5 Å². The van der Waals surface area contributed by atoms with Crippen molar-refractivity contribution in [2.75, 3.05) is 6.54 Å². The molecule has 2 heterocycles. The Balaban J connectivity index is 2.00.